The van der Waals surface area contributed by atoms with E-state index in [-0.39, 0.29) is 5.56 Å². The third-order valence-electron chi connectivity index (χ3n) is 4.82. The van der Waals surface area contributed by atoms with Crippen LogP contribution in [0.25, 0.3) is 10.9 Å². The fourth-order valence-corrected chi connectivity index (χ4v) is 3.39. The molecule has 1 aromatic carbocycles. The Kier molecular flexibility index (Phi) is 4.23. The molecule has 3 heterocycles. The zero-order valence-electron chi connectivity index (χ0n) is 14.3. The summed E-state index contributed by atoms with van der Waals surface area (Å²) in [5, 5.41) is 11.8. The minimum atomic E-state index is -0.0344. The topological polar surface area (TPSA) is 78.8 Å². The molecule has 3 aromatic rings. The first kappa shape index (κ1) is 15.8. The van der Waals surface area contributed by atoms with E-state index in [0.717, 1.165) is 43.4 Å². The number of aromatic amines is 1. The lowest BCUT2D eigenvalue weighted by Crippen LogP contribution is -2.47. The van der Waals surface area contributed by atoms with Crippen molar-refractivity contribution < 1.29 is 0 Å². The molecule has 1 unspecified atom stereocenters. The van der Waals surface area contributed by atoms with Gasteiger partial charge in [0.1, 0.15) is 0 Å². The molecule has 1 fully saturated rings. The summed E-state index contributed by atoms with van der Waals surface area (Å²) < 4.78 is 1.58. The molecule has 0 aliphatic carbocycles. The predicted molar refractivity (Wildman–Crippen MR) is 97.6 cm³/mol. The number of piperidine rings is 1. The fourth-order valence-electron chi connectivity index (χ4n) is 3.39. The van der Waals surface area contributed by atoms with Crippen LogP contribution in [-0.2, 0) is 13.6 Å². The van der Waals surface area contributed by atoms with Crippen LogP contribution in [0, 0.1) is 0 Å². The van der Waals surface area contributed by atoms with Gasteiger partial charge in [-0.25, -0.2) is 4.98 Å². The Morgan fingerprint density at radius 3 is 3.24 bits per heavy atom. The average molecular weight is 338 g/mol. The molecule has 2 N–H and O–H groups in total. The van der Waals surface area contributed by atoms with Crippen LogP contribution in [0.5, 0.6) is 0 Å². The van der Waals surface area contributed by atoms with Gasteiger partial charge >= 0.3 is 0 Å². The van der Waals surface area contributed by atoms with Gasteiger partial charge in [0.2, 0.25) is 0 Å². The van der Waals surface area contributed by atoms with Gasteiger partial charge in [0, 0.05) is 50.5 Å². The van der Waals surface area contributed by atoms with E-state index in [1.807, 2.05) is 6.20 Å². The maximum absolute atomic E-state index is 12.3. The van der Waals surface area contributed by atoms with E-state index in [2.05, 4.69) is 43.6 Å². The summed E-state index contributed by atoms with van der Waals surface area (Å²) in [5.41, 5.74) is 2.25. The van der Waals surface area contributed by atoms with Crippen molar-refractivity contribution in [2.24, 2.45) is 7.05 Å². The Morgan fingerprint density at radius 2 is 2.32 bits per heavy atom. The predicted octanol–water partition coefficient (Wildman–Crippen LogP) is 1.42. The van der Waals surface area contributed by atoms with Crippen LogP contribution in [0.3, 0.4) is 0 Å². The molecule has 7 nitrogen and oxygen atoms in total. The third-order valence-corrected chi connectivity index (χ3v) is 4.82. The van der Waals surface area contributed by atoms with E-state index < -0.39 is 0 Å². The number of benzene rings is 1. The second-order valence-electron chi connectivity index (χ2n) is 6.62. The normalized spacial score (nSPS) is 18.0. The van der Waals surface area contributed by atoms with E-state index >= 15 is 0 Å². The van der Waals surface area contributed by atoms with Crippen molar-refractivity contribution in [3.63, 3.8) is 0 Å². The summed E-state index contributed by atoms with van der Waals surface area (Å²) in [5.74, 6) is 0.551. The van der Waals surface area contributed by atoms with Gasteiger partial charge in [-0.05, 0) is 24.5 Å². The second kappa shape index (κ2) is 6.68. The average Bonchev–Trinajstić information content (AvgIpc) is 3.10. The van der Waals surface area contributed by atoms with Crippen molar-refractivity contribution in [3.05, 3.63) is 52.7 Å². The number of nitrogens with zero attached hydrogens (tertiary/aromatic N) is 4. The summed E-state index contributed by atoms with van der Waals surface area (Å²) in [6.45, 7) is 2.48. The monoisotopic (exact) mass is 338 g/mol. The highest BCUT2D eigenvalue weighted by atomic mass is 16.1. The fraction of sp³-hybridized carbons (Fsp3) is 0.389. The highest BCUT2D eigenvalue weighted by Crippen LogP contribution is 2.16. The number of hydrogen-bond acceptors (Lipinski definition) is 5. The molecule has 0 amide bonds. The van der Waals surface area contributed by atoms with Gasteiger partial charge in [0.15, 0.2) is 5.82 Å². The Bertz CT molecular complexity index is 930. The first-order valence-corrected chi connectivity index (χ1v) is 8.63. The number of fused-ring (bicyclic) bond motifs is 1. The van der Waals surface area contributed by atoms with Crippen molar-refractivity contribution in [1.29, 1.82) is 0 Å². The minimum Gasteiger partial charge on any atom is -0.350 e. The molecule has 7 heteroatoms. The number of H-pyrrole nitrogens is 1. The van der Waals surface area contributed by atoms with Crippen LogP contribution in [0.2, 0.25) is 0 Å². The van der Waals surface area contributed by atoms with Crippen LogP contribution in [0.1, 0.15) is 18.4 Å². The Labute approximate surface area is 145 Å². The summed E-state index contributed by atoms with van der Waals surface area (Å²) in [6, 6.07) is 6.68. The zero-order valence-corrected chi connectivity index (χ0v) is 14.3. The maximum atomic E-state index is 12.3. The highest BCUT2D eigenvalue weighted by Gasteiger charge is 2.22. The Hall–Kier alpha value is -2.67. The van der Waals surface area contributed by atoms with Gasteiger partial charge in [0.25, 0.3) is 5.56 Å². The molecule has 2 aromatic heterocycles. The van der Waals surface area contributed by atoms with Gasteiger partial charge < -0.3 is 14.8 Å². The third kappa shape index (κ3) is 3.28. The molecule has 0 radical (unpaired) electrons. The molecule has 1 aliphatic heterocycles. The molecule has 1 saturated heterocycles. The lowest BCUT2D eigenvalue weighted by molar-refractivity contribution is 0.419. The summed E-state index contributed by atoms with van der Waals surface area (Å²) in [6.07, 6.45) is 7.37. The number of aromatic nitrogens is 4. The second-order valence-corrected chi connectivity index (χ2v) is 6.62. The van der Waals surface area contributed by atoms with Gasteiger partial charge in [-0.1, -0.05) is 12.1 Å². The number of rotatable bonds is 4. The van der Waals surface area contributed by atoms with Crippen LogP contribution < -0.4 is 15.8 Å². The van der Waals surface area contributed by atoms with Crippen molar-refractivity contribution in [2.45, 2.75) is 25.4 Å². The van der Waals surface area contributed by atoms with Gasteiger partial charge in [-0.15, -0.1) is 0 Å². The van der Waals surface area contributed by atoms with E-state index in [4.69, 9.17) is 0 Å². The molecular formula is C18H22N6O. The van der Waals surface area contributed by atoms with Crippen molar-refractivity contribution in [2.75, 3.05) is 18.0 Å². The molecule has 0 spiro atoms. The Balaban J connectivity index is 1.42. The van der Waals surface area contributed by atoms with Crippen molar-refractivity contribution in [1.82, 2.24) is 25.1 Å². The molecule has 1 atom stereocenters. The lowest BCUT2D eigenvalue weighted by Gasteiger charge is -2.33. The van der Waals surface area contributed by atoms with Crippen LogP contribution in [-0.4, -0.2) is 38.9 Å². The number of hydrogen-bond donors (Lipinski definition) is 2. The van der Waals surface area contributed by atoms with Gasteiger partial charge in [-0.2, -0.15) is 5.10 Å². The van der Waals surface area contributed by atoms with E-state index in [1.165, 1.54) is 5.56 Å². The SMILES string of the molecule is Cn1ccnc(N2CCCC(NCc3ccc4cn[nH]c4c3)C2)c1=O. The van der Waals surface area contributed by atoms with Crippen LogP contribution >= 0.6 is 0 Å². The van der Waals surface area contributed by atoms with Crippen molar-refractivity contribution >= 4 is 16.7 Å². The van der Waals surface area contributed by atoms with Crippen LogP contribution in [0.4, 0.5) is 5.82 Å². The maximum Gasteiger partial charge on any atom is 0.293 e. The number of nitrogens with one attached hydrogen (secondary N) is 2. The molecule has 1 aliphatic rings. The highest BCUT2D eigenvalue weighted by molar-refractivity contribution is 5.78. The van der Waals surface area contributed by atoms with Crippen LogP contribution in [0.15, 0.2) is 41.6 Å². The largest absolute Gasteiger partial charge is 0.350 e. The smallest absolute Gasteiger partial charge is 0.293 e. The molecule has 0 bridgehead atoms. The first-order valence-electron chi connectivity index (χ1n) is 8.63. The molecule has 4 rings (SSSR count). The standard InChI is InChI=1S/C18H22N6O/c1-23-8-6-19-17(18(23)25)24-7-2-3-15(12-24)20-10-13-4-5-14-11-21-22-16(14)9-13/h4-6,8-9,11,15,20H,2-3,7,10,12H2,1H3,(H,21,22). The lowest BCUT2D eigenvalue weighted by atomic mass is 10.0. The minimum absolute atomic E-state index is 0.0344. The molecule has 0 saturated carbocycles. The number of anilines is 1. The molecule has 130 valence electrons. The van der Waals surface area contributed by atoms with Gasteiger partial charge in [0.05, 0.1) is 11.7 Å². The summed E-state index contributed by atoms with van der Waals surface area (Å²) in [4.78, 5) is 18.7. The summed E-state index contributed by atoms with van der Waals surface area (Å²) in [7, 11) is 1.76. The summed E-state index contributed by atoms with van der Waals surface area (Å²) >= 11 is 0. The molecular weight excluding hydrogens is 316 g/mol. The van der Waals surface area contributed by atoms with Gasteiger partial charge in [-0.3, -0.25) is 9.89 Å². The van der Waals surface area contributed by atoms with E-state index in [9.17, 15) is 4.79 Å². The van der Waals surface area contributed by atoms with E-state index in [0.29, 0.717) is 11.9 Å². The zero-order chi connectivity index (χ0) is 17.2. The first-order chi connectivity index (χ1) is 12.2. The number of aryl methyl sites for hydroxylation is 1. The van der Waals surface area contributed by atoms with E-state index in [1.54, 1.807) is 24.0 Å². The molecule has 25 heavy (non-hydrogen) atoms. The Morgan fingerprint density at radius 1 is 1.40 bits per heavy atom. The van der Waals surface area contributed by atoms with Crippen molar-refractivity contribution in [3.8, 4) is 0 Å². The quantitative estimate of drug-likeness (QED) is 0.752.